The van der Waals surface area contributed by atoms with Gasteiger partial charge >= 0.3 is 5.97 Å². The summed E-state index contributed by atoms with van der Waals surface area (Å²) in [6, 6.07) is 7.47. The van der Waals surface area contributed by atoms with E-state index in [4.69, 9.17) is 10.2 Å². The van der Waals surface area contributed by atoms with Crippen LogP contribution < -0.4 is 0 Å². The molecule has 1 aliphatic heterocycles. The van der Waals surface area contributed by atoms with Gasteiger partial charge in [0.1, 0.15) is 0 Å². The molecule has 27 heavy (non-hydrogen) atoms. The van der Waals surface area contributed by atoms with Gasteiger partial charge in [-0.05, 0) is 56.0 Å². The van der Waals surface area contributed by atoms with Crippen LogP contribution in [0.1, 0.15) is 37.7 Å². The van der Waals surface area contributed by atoms with Crippen LogP contribution >= 0.6 is 0 Å². The largest absolute Gasteiger partial charge is 0.478 e. The average Bonchev–Trinajstić information content (AvgIpc) is 2.62. The number of sulfone groups is 1. The van der Waals surface area contributed by atoms with Gasteiger partial charge in [-0.3, -0.25) is 0 Å². The maximum Gasteiger partial charge on any atom is 0.331 e. The molecular weight excluding hydrogens is 370 g/mol. The van der Waals surface area contributed by atoms with E-state index in [0.717, 1.165) is 31.8 Å². The van der Waals surface area contributed by atoms with Crippen molar-refractivity contribution < 1.29 is 28.2 Å². The molecule has 1 aromatic carbocycles. The van der Waals surface area contributed by atoms with Crippen LogP contribution in [0.5, 0.6) is 0 Å². The Balaban J connectivity index is 0.000000387. The molecule has 0 aliphatic carbocycles. The molecule has 1 atom stereocenters. The minimum atomic E-state index is -3.10. The Morgan fingerprint density at radius 2 is 2.15 bits per heavy atom. The first-order chi connectivity index (χ1) is 12.8. The van der Waals surface area contributed by atoms with Gasteiger partial charge in [0.15, 0.2) is 16.6 Å². The minimum absolute atomic E-state index is 0.442. The van der Waals surface area contributed by atoms with Crippen molar-refractivity contribution >= 4 is 15.8 Å². The fraction of sp³-hybridized carbons (Fsp3) is 0.526. The zero-order valence-corrected chi connectivity index (χ0v) is 16.7. The first-order valence-corrected chi connectivity index (χ1v) is 10.8. The highest BCUT2D eigenvalue weighted by atomic mass is 32.2. The Morgan fingerprint density at radius 3 is 2.74 bits per heavy atom. The van der Waals surface area contributed by atoms with Crippen molar-refractivity contribution in [3.05, 3.63) is 42.2 Å². The Kier molecular flexibility index (Phi) is 10.1. The summed E-state index contributed by atoms with van der Waals surface area (Å²) in [5.74, 6) is -0.625. The number of piperidine rings is 1. The number of benzene rings is 1. The smallest absolute Gasteiger partial charge is 0.331 e. The van der Waals surface area contributed by atoms with Gasteiger partial charge < -0.3 is 19.8 Å². The fourth-order valence-corrected chi connectivity index (χ4v) is 3.67. The van der Waals surface area contributed by atoms with Crippen LogP contribution in [0, 0.1) is 0 Å². The normalized spacial score (nSPS) is 18.0. The molecular formula is C19H29NO6S. The first kappa shape index (κ1) is 23.1. The van der Waals surface area contributed by atoms with Crippen molar-refractivity contribution in [3.8, 4) is 0 Å². The molecule has 0 radical (unpaired) electrons. The van der Waals surface area contributed by atoms with Crippen LogP contribution in [-0.2, 0) is 19.4 Å². The van der Waals surface area contributed by atoms with Gasteiger partial charge in [0.05, 0.1) is 17.2 Å². The SMILES string of the molecule is CCCN1CCC[C@@H](c2cccc(S(C)(=O)=O)c2)C1.O=C(O)/C=C/OCO. The van der Waals surface area contributed by atoms with Crippen LogP contribution in [0.15, 0.2) is 41.5 Å². The van der Waals surface area contributed by atoms with Crippen molar-refractivity contribution in [2.24, 2.45) is 0 Å². The third-order valence-corrected chi connectivity index (χ3v) is 5.29. The number of carboxylic acid groups (broad SMARTS) is 1. The quantitative estimate of drug-likeness (QED) is 0.412. The molecule has 1 fully saturated rings. The van der Waals surface area contributed by atoms with Gasteiger partial charge in [-0.15, -0.1) is 0 Å². The van der Waals surface area contributed by atoms with Crippen LogP contribution in [0.4, 0.5) is 0 Å². The molecule has 0 aromatic heterocycles. The molecule has 2 rings (SSSR count). The summed E-state index contributed by atoms with van der Waals surface area (Å²) < 4.78 is 27.4. The minimum Gasteiger partial charge on any atom is -0.478 e. The van der Waals surface area contributed by atoms with Gasteiger partial charge in [0, 0.05) is 12.8 Å². The molecule has 0 unspecified atom stereocenters. The lowest BCUT2D eigenvalue weighted by Gasteiger charge is -2.32. The highest BCUT2D eigenvalue weighted by molar-refractivity contribution is 7.90. The van der Waals surface area contributed by atoms with E-state index < -0.39 is 22.6 Å². The highest BCUT2D eigenvalue weighted by Gasteiger charge is 2.21. The van der Waals surface area contributed by atoms with E-state index >= 15 is 0 Å². The van der Waals surface area contributed by atoms with Crippen molar-refractivity contribution in [1.29, 1.82) is 0 Å². The Labute approximate surface area is 161 Å². The summed E-state index contributed by atoms with van der Waals surface area (Å²) >= 11 is 0. The Bertz CT molecular complexity index is 715. The van der Waals surface area contributed by atoms with E-state index in [1.165, 1.54) is 31.2 Å². The average molecular weight is 400 g/mol. The molecule has 1 aliphatic rings. The Hall–Kier alpha value is -1.90. The number of aliphatic hydroxyl groups is 1. The summed E-state index contributed by atoms with van der Waals surface area (Å²) in [4.78, 5) is 12.6. The number of rotatable bonds is 7. The first-order valence-electron chi connectivity index (χ1n) is 8.92. The van der Waals surface area contributed by atoms with Crippen molar-refractivity contribution in [3.63, 3.8) is 0 Å². The second-order valence-corrected chi connectivity index (χ2v) is 8.44. The molecule has 0 saturated carbocycles. The van der Waals surface area contributed by atoms with E-state index in [0.29, 0.717) is 10.8 Å². The molecule has 1 aromatic rings. The van der Waals surface area contributed by atoms with E-state index in [-0.39, 0.29) is 0 Å². The van der Waals surface area contributed by atoms with Crippen molar-refractivity contribution in [1.82, 2.24) is 4.90 Å². The molecule has 0 bridgehead atoms. The van der Waals surface area contributed by atoms with Crippen LogP contribution in [-0.4, -0.2) is 62.2 Å². The van der Waals surface area contributed by atoms with E-state index in [9.17, 15) is 13.2 Å². The van der Waals surface area contributed by atoms with Gasteiger partial charge in [-0.25, -0.2) is 13.2 Å². The number of aliphatic hydroxyl groups excluding tert-OH is 1. The number of carboxylic acids is 1. The second-order valence-electron chi connectivity index (χ2n) is 6.42. The number of ether oxygens (including phenoxy) is 1. The van der Waals surface area contributed by atoms with Gasteiger partial charge in [0.2, 0.25) is 0 Å². The molecule has 7 nitrogen and oxygen atoms in total. The van der Waals surface area contributed by atoms with E-state index in [1.807, 2.05) is 12.1 Å². The molecule has 1 heterocycles. The zero-order chi connectivity index (χ0) is 20.3. The molecule has 2 N–H and O–H groups in total. The number of hydrogen-bond donors (Lipinski definition) is 2. The van der Waals surface area contributed by atoms with E-state index in [2.05, 4.69) is 22.6 Å². The number of likely N-dealkylation sites (tertiary alicyclic amines) is 1. The van der Waals surface area contributed by atoms with E-state index in [1.54, 1.807) is 6.07 Å². The summed E-state index contributed by atoms with van der Waals surface area (Å²) in [5, 5.41) is 15.8. The third kappa shape index (κ3) is 9.03. The van der Waals surface area contributed by atoms with Gasteiger partial charge in [-0.2, -0.15) is 0 Å². The monoisotopic (exact) mass is 399 g/mol. The predicted octanol–water partition coefficient (Wildman–Crippen LogP) is 2.23. The fourth-order valence-electron chi connectivity index (χ4n) is 3.00. The third-order valence-electron chi connectivity index (χ3n) is 4.18. The van der Waals surface area contributed by atoms with Crippen molar-refractivity contribution in [2.45, 2.75) is 37.0 Å². The summed E-state index contributed by atoms with van der Waals surface area (Å²) in [5.41, 5.74) is 1.17. The van der Waals surface area contributed by atoms with Crippen LogP contribution in [0.25, 0.3) is 0 Å². The van der Waals surface area contributed by atoms with Gasteiger partial charge in [0.25, 0.3) is 0 Å². The topological polar surface area (TPSA) is 104 Å². The lowest BCUT2D eigenvalue weighted by atomic mass is 9.90. The second kappa shape index (κ2) is 11.7. The van der Waals surface area contributed by atoms with Gasteiger partial charge in [-0.1, -0.05) is 19.1 Å². The van der Waals surface area contributed by atoms with Crippen LogP contribution in [0.3, 0.4) is 0 Å². The number of hydrogen-bond acceptors (Lipinski definition) is 6. The zero-order valence-electron chi connectivity index (χ0n) is 15.9. The summed E-state index contributed by atoms with van der Waals surface area (Å²) in [6.07, 6.45) is 6.51. The standard InChI is InChI=1S/C15H23NO2S.C4H6O4/c1-3-9-16-10-5-7-14(12-16)13-6-4-8-15(11-13)19(2,17)18;5-3-8-2-1-4(6)7/h4,6,8,11,14H,3,5,7,9-10,12H2,1-2H3;1-2,5H,3H2,(H,6,7)/b;2-1+/t14-;/m1./s1. The Morgan fingerprint density at radius 1 is 1.41 bits per heavy atom. The summed E-state index contributed by atoms with van der Waals surface area (Å²) in [6.45, 7) is 5.08. The van der Waals surface area contributed by atoms with Crippen molar-refractivity contribution in [2.75, 3.05) is 32.7 Å². The number of nitrogens with zero attached hydrogens (tertiary/aromatic N) is 1. The number of aliphatic carboxylic acids is 1. The molecule has 8 heteroatoms. The maximum absolute atomic E-state index is 11.6. The molecule has 0 spiro atoms. The lowest BCUT2D eigenvalue weighted by Crippen LogP contribution is -2.34. The highest BCUT2D eigenvalue weighted by Crippen LogP contribution is 2.28. The molecule has 152 valence electrons. The van der Waals surface area contributed by atoms with Crippen LogP contribution in [0.2, 0.25) is 0 Å². The molecule has 0 amide bonds. The molecule has 1 saturated heterocycles. The predicted molar refractivity (Wildman–Crippen MR) is 103 cm³/mol. The maximum atomic E-state index is 11.6. The number of carbonyl (C=O) groups is 1. The summed E-state index contributed by atoms with van der Waals surface area (Å²) in [7, 11) is -3.10. The lowest BCUT2D eigenvalue weighted by molar-refractivity contribution is -0.131.